The molecule has 0 aliphatic heterocycles. The minimum atomic E-state index is 0.110. The standard InChI is InChI=1S/C20H18ClN3O2S/c1-26-18-7-13(5-6-15(18)21)16-9-22-10-17(24-16)19-8-14(11-27-19)23-20(25)12-3-2-4-12/h5-12H,2-4H2,1H3,(H,23,25). The fraction of sp³-hybridized carbons (Fsp3) is 0.250. The average Bonchev–Trinajstić information content (AvgIpc) is 3.09. The lowest BCUT2D eigenvalue weighted by Crippen LogP contribution is -2.27. The Bertz CT molecular complexity index is 985. The number of carbonyl (C=O) groups excluding carboxylic acids is 1. The lowest BCUT2D eigenvalue weighted by atomic mass is 9.85. The second kappa shape index (κ2) is 7.66. The number of nitrogens with zero attached hydrogens (tertiary/aromatic N) is 2. The van der Waals surface area contributed by atoms with E-state index < -0.39 is 0 Å². The van der Waals surface area contributed by atoms with Crippen molar-refractivity contribution in [3.05, 3.63) is 47.1 Å². The Labute approximate surface area is 166 Å². The molecule has 0 bridgehead atoms. The van der Waals surface area contributed by atoms with Gasteiger partial charge in [-0.05, 0) is 31.0 Å². The molecular formula is C20H18ClN3O2S. The summed E-state index contributed by atoms with van der Waals surface area (Å²) in [6.07, 6.45) is 6.55. The molecule has 5 nitrogen and oxygen atoms in total. The molecule has 0 atom stereocenters. The largest absolute Gasteiger partial charge is 0.495 e. The van der Waals surface area contributed by atoms with Gasteiger partial charge < -0.3 is 10.1 Å². The molecule has 4 rings (SSSR count). The molecular weight excluding hydrogens is 382 g/mol. The molecule has 27 heavy (non-hydrogen) atoms. The Kier molecular flexibility index (Phi) is 5.09. The molecule has 3 aromatic rings. The molecule has 0 saturated heterocycles. The van der Waals surface area contributed by atoms with Crippen molar-refractivity contribution in [1.82, 2.24) is 9.97 Å². The second-order valence-electron chi connectivity index (χ2n) is 6.46. The van der Waals surface area contributed by atoms with Crippen LogP contribution < -0.4 is 10.1 Å². The van der Waals surface area contributed by atoms with E-state index in [0.29, 0.717) is 10.8 Å². The Morgan fingerprint density at radius 1 is 1.26 bits per heavy atom. The summed E-state index contributed by atoms with van der Waals surface area (Å²) < 4.78 is 5.28. The van der Waals surface area contributed by atoms with Crippen LogP contribution in [-0.4, -0.2) is 23.0 Å². The van der Waals surface area contributed by atoms with Crippen molar-refractivity contribution in [3.8, 4) is 27.6 Å². The lowest BCUT2D eigenvalue weighted by Gasteiger charge is -2.23. The number of methoxy groups -OCH3 is 1. The van der Waals surface area contributed by atoms with Gasteiger partial charge in [0, 0.05) is 16.9 Å². The first-order valence-corrected chi connectivity index (χ1v) is 9.95. The number of aromatic nitrogens is 2. The number of hydrogen-bond donors (Lipinski definition) is 1. The van der Waals surface area contributed by atoms with Crippen LogP contribution in [0.3, 0.4) is 0 Å². The molecule has 2 heterocycles. The van der Waals surface area contributed by atoms with Crippen LogP contribution in [0.15, 0.2) is 42.0 Å². The van der Waals surface area contributed by atoms with Crippen LogP contribution in [0.5, 0.6) is 5.75 Å². The molecule has 1 aliphatic carbocycles. The summed E-state index contributed by atoms with van der Waals surface area (Å²) in [5, 5.41) is 5.48. The summed E-state index contributed by atoms with van der Waals surface area (Å²) in [5.41, 5.74) is 3.18. The summed E-state index contributed by atoms with van der Waals surface area (Å²) in [5.74, 6) is 0.869. The number of amides is 1. The van der Waals surface area contributed by atoms with Gasteiger partial charge >= 0.3 is 0 Å². The Hall–Kier alpha value is -2.44. The van der Waals surface area contributed by atoms with Crippen LogP contribution in [-0.2, 0) is 4.79 Å². The van der Waals surface area contributed by atoms with Crippen LogP contribution >= 0.6 is 22.9 Å². The van der Waals surface area contributed by atoms with Gasteiger partial charge in [-0.2, -0.15) is 0 Å². The molecule has 2 aromatic heterocycles. The minimum absolute atomic E-state index is 0.110. The van der Waals surface area contributed by atoms with E-state index in [-0.39, 0.29) is 11.8 Å². The third kappa shape index (κ3) is 3.82. The molecule has 1 saturated carbocycles. The van der Waals surface area contributed by atoms with Gasteiger partial charge in [0.1, 0.15) is 5.75 Å². The van der Waals surface area contributed by atoms with Gasteiger partial charge in [0.15, 0.2) is 0 Å². The second-order valence-corrected chi connectivity index (χ2v) is 7.77. The summed E-state index contributed by atoms with van der Waals surface area (Å²) in [7, 11) is 1.58. The van der Waals surface area contributed by atoms with Crippen LogP contribution in [0.4, 0.5) is 5.69 Å². The number of halogens is 1. The van der Waals surface area contributed by atoms with E-state index in [4.69, 9.17) is 21.3 Å². The van der Waals surface area contributed by atoms with Crippen molar-refractivity contribution < 1.29 is 9.53 Å². The number of carbonyl (C=O) groups is 1. The maximum atomic E-state index is 12.1. The van der Waals surface area contributed by atoms with Crippen molar-refractivity contribution in [1.29, 1.82) is 0 Å². The Morgan fingerprint density at radius 2 is 2.07 bits per heavy atom. The Morgan fingerprint density at radius 3 is 2.81 bits per heavy atom. The summed E-state index contributed by atoms with van der Waals surface area (Å²) in [6, 6.07) is 7.45. The highest BCUT2D eigenvalue weighted by Crippen LogP contribution is 2.33. The highest BCUT2D eigenvalue weighted by molar-refractivity contribution is 7.14. The predicted octanol–water partition coefficient (Wildman–Crippen LogP) is 5.27. The zero-order chi connectivity index (χ0) is 18.8. The minimum Gasteiger partial charge on any atom is -0.495 e. The third-order valence-corrected chi connectivity index (χ3v) is 5.94. The maximum Gasteiger partial charge on any atom is 0.227 e. The van der Waals surface area contributed by atoms with Crippen LogP contribution in [0.2, 0.25) is 5.02 Å². The first kappa shape index (κ1) is 17.9. The number of ether oxygens (including phenoxy) is 1. The fourth-order valence-corrected chi connectivity index (χ4v) is 3.88. The molecule has 0 radical (unpaired) electrons. The monoisotopic (exact) mass is 399 g/mol. The summed E-state index contributed by atoms with van der Waals surface area (Å²) in [4.78, 5) is 22.1. The average molecular weight is 400 g/mol. The molecule has 0 unspecified atom stereocenters. The van der Waals surface area contributed by atoms with E-state index in [0.717, 1.165) is 46.8 Å². The van der Waals surface area contributed by atoms with Crippen LogP contribution in [0, 0.1) is 5.92 Å². The topological polar surface area (TPSA) is 64.1 Å². The molecule has 1 aliphatic rings. The number of nitrogens with one attached hydrogen (secondary N) is 1. The highest BCUT2D eigenvalue weighted by atomic mass is 35.5. The normalized spacial score (nSPS) is 13.9. The van der Waals surface area contributed by atoms with E-state index in [2.05, 4.69) is 10.3 Å². The number of benzene rings is 1. The van der Waals surface area contributed by atoms with Crippen LogP contribution in [0.1, 0.15) is 19.3 Å². The molecule has 7 heteroatoms. The molecule has 1 amide bonds. The number of rotatable bonds is 5. The molecule has 0 spiro atoms. The van der Waals surface area contributed by atoms with Crippen molar-refractivity contribution >= 4 is 34.5 Å². The van der Waals surface area contributed by atoms with Gasteiger partial charge in [0.2, 0.25) is 5.91 Å². The fourth-order valence-electron chi connectivity index (χ4n) is 2.89. The van der Waals surface area contributed by atoms with Gasteiger partial charge in [-0.3, -0.25) is 9.78 Å². The first-order valence-electron chi connectivity index (χ1n) is 8.70. The van der Waals surface area contributed by atoms with E-state index in [9.17, 15) is 4.79 Å². The summed E-state index contributed by atoms with van der Waals surface area (Å²) in [6.45, 7) is 0. The molecule has 138 valence electrons. The van der Waals surface area contributed by atoms with Gasteiger partial charge in [-0.1, -0.05) is 24.1 Å². The predicted molar refractivity (Wildman–Crippen MR) is 108 cm³/mol. The van der Waals surface area contributed by atoms with Gasteiger partial charge in [-0.25, -0.2) is 4.98 Å². The van der Waals surface area contributed by atoms with Crippen molar-refractivity contribution in [2.75, 3.05) is 12.4 Å². The Balaban J connectivity index is 1.56. The quantitative estimate of drug-likeness (QED) is 0.634. The smallest absolute Gasteiger partial charge is 0.227 e. The number of anilines is 1. The van der Waals surface area contributed by atoms with Gasteiger partial charge in [-0.15, -0.1) is 11.3 Å². The summed E-state index contributed by atoms with van der Waals surface area (Å²) >= 11 is 7.63. The van der Waals surface area contributed by atoms with E-state index in [1.165, 1.54) is 11.3 Å². The number of hydrogen-bond acceptors (Lipinski definition) is 5. The molecule has 1 fully saturated rings. The zero-order valence-electron chi connectivity index (χ0n) is 14.7. The van der Waals surface area contributed by atoms with Crippen LogP contribution in [0.25, 0.3) is 21.8 Å². The molecule has 1 N–H and O–H groups in total. The SMILES string of the molecule is COc1cc(-c2cncc(-c3cc(NC(=O)C4CCC4)cs3)n2)ccc1Cl. The third-order valence-electron chi connectivity index (χ3n) is 4.68. The van der Waals surface area contributed by atoms with Gasteiger partial charge in [0.25, 0.3) is 0 Å². The zero-order valence-corrected chi connectivity index (χ0v) is 16.3. The van der Waals surface area contributed by atoms with E-state index in [1.807, 2.05) is 23.6 Å². The molecule has 1 aromatic carbocycles. The van der Waals surface area contributed by atoms with E-state index >= 15 is 0 Å². The van der Waals surface area contributed by atoms with Crippen molar-refractivity contribution in [2.24, 2.45) is 5.92 Å². The first-order chi connectivity index (χ1) is 13.1. The highest BCUT2D eigenvalue weighted by Gasteiger charge is 2.25. The van der Waals surface area contributed by atoms with Crippen molar-refractivity contribution in [2.45, 2.75) is 19.3 Å². The maximum absolute atomic E-state index is 12.1. The van der Waals surface area contributed by atoms with Gasteiger partial charge in [0.05, 0.1) is 46.5 Å². The van der Waals surface area contributed by atoms with E-state index in [1.54, 1.807) is 25.6 Å². The van der Waals surface area contributed by atoms with Crippen molar-refractivity contribution in [3.63, 3.8) is 0 Å². The number of thiophene rings is 1. The lowest BCUT2D eigenvalue weighted by molar-refractivity contribution is -0.122.